The van der Waals surface area contributed by atoms with Gasteiger partial charge in [0.05, 0.1) is 0 Å². The third kappa shape index (κ3) is 2.58. The van der Waals surface area contributed by atoms with Gasteiger partial charge in [-0.2, -0.15) is 11.3 Å². The SMILES string of the molecule is CCNCC1(CCc2ccsc2)CC2CC2C1. The molecule has 1 aromatic rings. The second-order valence-corrected chi connectivity index (χ2v) is 6.86. The van der Waals surface area contributed by atoms with E-state index in [0.717, 1.165) is 18.4 Å². The lowest BCUT2D eigenvalue weighted by molar-refractivity contribution is 0.232. The molecule has 3 rings (SSSR count). The molecule has 1 heterocycles. The van der Waals surface area contributed by atoms with Gasteiger partial charge in [0.25, 0.3) is 0 Å². The van der Waals surface area contributed by atoms with Crippen LogP contribution in [0.3, 0.4) is 0 Å². The van der Waals surface area contributed by atoms with Crippen LogP contribution in [0.25, 0.3) is 0 Å². The standard InChI is InChI=1S/C15H23NS/c1-2-16-11-15(8-13-7-14(13)9-15)5-3-12-4-6-17-10-12/h4,6,10,13-14,16H,2-3,5,7-9,11H2,1H3. The molecule has 2 atom stereocenters. The molecule has 0 spiro atoms. The van der Waals surface area contributed by atoms with E-state index < -0.39 is 0 Å². The molecule has 2 fully saturated rings. The molecule has 2 aliphatic rings. The van der Waals surface area contributed by atoms with Crippen molar-refractivity contribution in [3.05, 3.63) is 22.4 Å². The number of hydrogen-bond donors (Lipinski definition) is 1. The summed E-state index contributed by atoms with van der Waals surface area (Å²) >= 11 is 1.83. The van der Waals surface area contributed by atoms with Crippen LogP contribution >= 0.6 is 11.3 Å². The molecule has 0 amide bonds. The molecule has 0 saturated heterocycles. The molecule has 2 aliphatic carbocycles. The summed E-state index contributed by atoms with van der Waals surface area (Å²) in [7, 11) is 0. The molecule has 0 aromatic carbocycles. The third-order valence-electron chi connectivity index (χ3n) is 4.73. The van der Waals surface area contributed by atoms with E-state index in [0.29, 0.717) is 5.41 Å². The fraction of sp³-hybridized carbons (Fsp3) is 0.733. The van der Waals surface area contributed by atoms with E-state index in [9.17, 15) is 0 Å². The van der Waals surface area contributed by atoms with Gasteiger partial charge in [0, 0.05) is 6.54 Å². The van der Waals surface area contributed by atoms with Gasteiger partial charge in [0.15, 0.2) is 0 Å². The Bertz CT molecular complexity index is 347. The molecule has 1 aromatic heterocycles. The normalized spacial score (nSPS) is 34.9. The molecule has 0 bridgehead atoms. The van der Waals surface area contributed by atoms with E-state index in [1.165, 1.54) is 38.6 Å². The summed E-state index contributed by atoms with van der Waals surface area (Å²) in [6, 6.07) is 2.29. The lowest BCUT2D eigenvalue weighted by Crippen LogP contribution is -2.33. The van der Waals surface area contributed by atoms with Crippen molar-refractivity contribution < 1.29 is 0 Å². The molecule has 94 valence electrons. The first-order valence-corrected chi connectivity index (χ1v) is 7.97. The molecular formula is C15H23NS. The fourth-order valence-electron chi connectivity index (χ4n) is 3.68. The summed E-state index contributed by atoms with van der Waals surface area (Å²) in [5, 5.41) is 8.13. The van der Waals surface area contributed by atoms with E-state index in [4.69, 9.17) is 0 Å². The number of fused-ring (bicyclic) bond motifs is 1. The molecule has 17 heavy (non-hydrogen) atoms. The first-order valence-electron chi connectivity index (χ1n) is 7.03. The lowest BCUT2D eigenvalue weighted by atomic mass is 9.78. The van der Waals surface area contributed by atoms with E-state index >= 15 is 0 Å². The van der Waals surface area contributed by atoms with Crippen LogP contribution in [-0.2, 0) is 6.42 Å². The van der Waals surface area contributed by atoms with Crippen LogP contribution in [0.5, 0.6) is 0 Å². The summed E-state index contributed by atoms with van der Waals surface area (Å²) < 4.78 is 0. The van der Waals surface area contributed by atoms with Gasteiger partial charge in [0.2, 0.25) is 0 Å². The largest absolute Gasteiger partial charge is 0.316 e. The minimum atomic E-state index is 0.630. The predicted molar refractivity (Wildman–Crippen MR) is 74.4 cm³/mol. The summed E-state index contributed by atoms with van der Waals surface area (Å²) in [4.78, 5) is 0. The van der Waals surface area contributed by atoms with Gasteiger partial charge in [-0.1, -0.05) is 6.92 Å². The summed E-state index contributed by atoms with van der Waals surface area (Å²) in [6.45, 7) is 4.60. The Morgan fingerprint density at radius 3 is 2.88 bits per heavy atom. The van der Waals surface area contributed by atoms with E-state index in [2.05, 4.69) is 29.1 Å². The summed E-state index contributed by atoms with van der Waals surface area (Å²) in [5.74, 6) is 2.19. The first-order chi connectivity index (χ1) is 8.31. The van der Waals surface area contributed by atoms with Crippen molar-refractivity contribution in [2.24, 2.45) is 17.3 Å². The smallest absolute Gasteiger partial charge is 0.000801 e. The molecule has 2 unspecified atom stereocenters. The molecule has 2 heteroatoms. The van der Waals surface area contributed by atoms with Gasteiger partial charge in [-0.05, 0) is 78.3 Å². The highest BCUT2D eigenvalue weighted by Crippen LogP contribution is 2.61. The van der Waals surface area contributed by atoms with Crippen LogP contribution in [0, 0.1) is 17.3 Å². The lowest BCUT2D eigenvalue weighted by Gasteiger charge is -2.31. The van der Waals surface area contributed by atoms with Crippen molar-refractivity contribution in [3.8, 4) is 0 Å². The van der Waals surface area contributed by atoms with Gasteiger partial charge in [0.1, 0.15) is 0 Å². The number of nitrogens with one attached hydrogen (secondary N) is 1. The van der Waals surface area contributed by atoms with Crippen LogP contribution < -0.4 is 5.32 Å². The van der Waals surface area contributed by atoms with E-state index in [1.54, 1.807) is 5.56 Å². The topological polar surface area (TPSA) is 12.0 Å². The number of aryl methyl sites for hydroxylation is 1. The van der Waals surface area contributed by atoms with Gasteiger partial charge >= 0.3 is 0 Å². The average molecular weight is 249 g/mol. The molecule has 1 N–H and O–H groups in total. The van der Waals surface area contributed by atoms with Gasteiger partial charge in [-0.15, -0.1) is 0 Å². The van der Waals surface area contributed by atoms with Crippen LogP contribution in [0.15, 0.2) is 16.8 Å². The molecule has 0 radical (unpaired) electrons. The zero-order valence-corrected chi connectivity index (χ0v) is 11.6. The van der Waals surface area contributed by atoms with Gasteiger partial charge in [-0.25, -0.2) is 0 Å². The second kappa shape index (κ2) is 4.74. The van der Waals surface area contributed by atoms with Gasteiger partial charge in [-0.3, -0.25) is 0 Å². The fourth-order valence-corrected chi connectivity index (χ4v) is 4.38. The molecule has 1 nitrogen and oxygen atoms in total. The minimum Gasteiger partial charge on any atom is -0.316 e. The van der Waals surface area contributed by atoms with Crippen molar-refractivity contribution in [2.45, 2.75) is 39.0 Å². The van der Waals surface area contributed by atoms with Crippen LogP contribution in [0.1, 0.15) is 38.2 Å². The Morgan fingerprint density at radius 1 is 1.41 bits per heavy atom. The Kier molecular flexibility index (Phi) is 3.27. The van der Waals surface area contributed by atoms with Crippen molar-refractivity contribution in [1.82, 2.24) is 5.32 Å². The van der Waals surface area contributed by atoms with E-state index in [1.807, 2.05) is 11.3 Å². The zero-order chi connectivity index (χ0) is 11.7. The van der Waals surface area contributed by atoms with E-state index in [-0.39, 0.29) is 0 Å². The zero-order valence-electron chi connectivity index (χ0n) is 10.7. The van der Waals surface area contributed by atoms with Crippen LogP contribution in [0.4, 0.5) is 0 Å². The maximum absolute atomic E-state index is 3.60. The molecular weight excluding hydrogens is 226 g/mol. The van der Waals surface area contributed by atoms with Crippen LogP contribution in [0.2, 0.25) is 0 Å². The quantitative estimate of drug-likeness (QED) is 0.810. The minimum absolute atomic E-state index is 0.630. The molecule has 2 saturated carbocycles. The predicted octanol–water partition coefficient (Wildman–Crippen LogP) is 3.71. The summed E-state index contributed by atoms with van der Waals surface area (Å²) in [5.41, 5.74) is 2.18. The highest BCUT2D eigenvalue weighted by Gasteiger charge is 2.52. The van der Waals surface area contributed by atoms with Crippen molar-refractivity contribution in [2.75, 3.05) is 13.1 Å². The molecule has 0 aliphatic heterocycles. The van der Waals surface area contributed by atoms with Crippen molar-refractivity contribution >= 4 is 11.3 Å². The maximum atomic E-state index is 3.60. The highest BCUT2D eigenvalue weighted by atomic mass is 32.1. The van der Waals surface area contributed by atoms with Crippen LogP contribution in [-0.4, -0.2) is 13.1 Å². The number of thiophene rings is 1. The average Bonchev–Trinajstić information content (AvgIpc) is 2.82. The Hall–Kier alpha value is -0.340. The Labute approximate surface area is 109 Å². The first kappa shape index (κ1) is 11.7. The number of hydrogen-bond acceptors (Lipinski definition) is 2. The summed E-state index contributed by atoms with van der Waals surface area (Å²) in [6.07, 6.45) is 7.20. The Morgan fingerprint density at radius 2 is 2.24 bits per heavy atom. The number of rotatable bonds is 6. The maximum Gasteiger partial charge on any atom is 0.000801 e. The van der Waals surface area contributed by atoms with Crippen molar-refractivity contribution in [1.29, 1.82) is 0 Å². The highest BCUT2D eigenvalue weighted by molar-refractivity contribution is 7.07. The van der Waals surface area contributed by atoms with Gasteiger partial charge < -0.3 is 5.32 Å². The Balaban J connectivity index is 1.59. The monoisotopic (exact) mass is 249 g/mol. The third-order valence-corrected chi connectivity index (χ3v) is 5.47. The second-order valence-electron chi connectivity index (χ2n) is 6.08. The van der Waals surface area contributed by atoms with Crippen molar-refractivity contribution in [3.63, 3.8) is 0 Å².